The van der Waals surface area contributed by atoms with Crippen molar-refractivity contribution in [3.8, 4) is 0 Å². The third-order valence-electron chi connectivity index (χ3n) is 3.29. The molecule has 2 unspecified atom stereocenters. The Morgan fingerprint density at radius 3 is 2.20 bits per heavy atom. The SMILES string of the molecule is CC1CC(=C2CC(=O)NC2=O)CC(C)C1. The normalized spacial score (nSPS) is 32.1. The predicted molar refractivity (Wildman–Crippen MR) is 57.0 cm³/mol. The van der Waals surface area contributed by atoms with E-state index in [1.807, 2.05) is 0 Å². The van der Waals surface area contributed by atoms with Crippen molar-refractivity contribution < 1.29 is 9.59 Å². The highest BCUT2D eigenvalue weighted by Gasteiger charge is 2.30. The third kappa shape index (κ3) is 2.11. The number of rotatable bonds is 0. The first-order valence-electron chi connectivity index (χ1n) is 5.61. The van der Waals surface area contributed by atoms with E-state index < -0.39 is 0 Å². The number of carbonyl (C=O) groups is 2. The van der Waals surface area contributed by atoms with Crippen molar-refractivity contribution >= 4 is 11.8 Å². The average molecular weight is 207 g/mol. The lowest BCUT2D eigenvalue weighted by molar-refractivity contribution is -0.124. The molecule has 0 radical (unpaired) electrons. The monoisotopic (exact) mass is 207 g/mol. The molecule has 2 aliphatic rings. The van der Waals surface area contributed by atoms with E-state index in [-0.39, 0.29) is 11.8 Å². The Balaban J connectivity index is 2.24. The maximum Gasteiger partial charge on any atom is 0.254 e. The van der Waals surface area contributed by atoms with Gasteiger partial charge in [-0.3, -0.25) is 14.9 Å². The van der Waals surface area contributed by atoms with Gasteiger partial charge in [0.2, 0.25) is 5.91 Å². The van der Waals surface area contributed by atoms with Gasteiger partial charge in [-0.1, -0.05) is 19.4 Å². The van der Waals surface area contributed by atoms with Crippen LogP contribution < -0.4 is 5.32 Å². The molecule has 2 amide bonds. The summed E-state index contributed by atoms with van der Waals surface area (Å²) < 4.78 is 0. The van der Waals surface area contributed by atoms with E-state index in [1.165, 1.54) is 12.0 Å². The van der Waals surface area contributed by atoms with Gasteiger partial charge in [-0.25, -0.2) is 0 Å². The zero-order chi connectivity index (χ0) is 11.0. The molecule has 82 valence electrons. The quantitative estimate of drug-likeness (QED) is 0.486. The van der Waals surface area contributed by atoms with Crippen molar-refractivity contribution in [2.24, 2.45) is 11.8 Å². The highest BCUT2D eigenvalue weighted by molar-refractivity contribution is 6.13. The molecule has 2 rings (SSSR count). The van der Waals surface area contributed by atoms with Crippen LogP contribution in [0.25, 0.3) is 0 Å². The molecule has 0 bridgehead atoms. The number of hydrogen-bond donors (Lipinski definition) is 1. The fraction of sp³-hybridized carbons (Fsp3) is 0.667. The van der Waals surface area contributed by atoms with Crippen LogP contribution >= 0.6 is 0 Å². The molecular weight excluding hydrogens is 190 g/mol. The second-order valence-electron chi connectivity index (χ2n) is 4.99. The summed E-state index contributed by atoms with van der Waals surface area (Å²) in [4.78, 5) is 22.6. The van der Waals surface area contributed by atoms with Crippen molar-refractivity contribution in [1.29, 1.82) is 0 Å². The molecule has 15 heavy (non-hydrogen) atoms. The van der Waals surface area contributed by atoms with Gasteiger partial charge in [0.05, 0.1) is 6.42 Å². The molecule has 1 heterocycles. The smallest absolute Gasteiger partial charge is 0.254 e. The number of imide groups is 1. The molecule has 2 fully saturated rings. The summed E-state index contributed by atoms with van der Waals surface area (Å²) in [6, 6.07) is 0. The van der Waals surface area contributed by atoms with Gasteiger partial charge in [0.25, 0.3) is 5.91 Å². The second-order valence-corrected chi connectivity index (χ2v) is 4.99. The molecule has 0 aromatic carbocycles. The molecule has 1 saturated heterocycles. The zero-order valence-electron chi connectivity index (χ0n) is 9.30. The largest absolute Gasteiger partial charge is 0.292 e. The standard InChI is InChI=1S/C12H17NO2/c1-7-3-8(2)5-9(4-7)10-6-11(14)13-12(10)15/h7-8H,3-6H2,1-2H3,(H,13,14,15). The molecule has 0 spiro atoms. The maximum atomic E-state index is 11.5. The molecule has 0 aromatic rings. The first-order valence-corrected chi connectivity index (χ1v) is 5.61. The van der Waals surface area contributed by atoms with Crippen LogP contribution in [0.4, 0.5) is 0 Å². The first-order chi connectivity index (χ1) is 7.06. The van der Waals surface area contributed by atoms with Gasteiger partial charge in [-0.15, -0.1) is 0 Å². The van der Waals surface area contributed by atoms with E-state index >= 15 is 0 Å². The molecular formula is C12H17NO2. The Bertz CT molecular complexity index is 332. The topological polar surface area (TPSA) is 46.2 Å². The van der Waals surface area contributed by atoms with Gasteiger partial charge in [-0.05, 0) is 31.1 Å². The van der Waals surface area contributed by atoms with Gasteiger partial charge >= 0.3 is 0 Å². The first kappa shape index (κ1) is 10.4. The van der Waals surface area contributed by atoms with Crippen molar-refractivity contribution in [2.75, 3.05) is 0 Å². The van der Waals surface area contributed by atoms with Gasteiger partial charge in [0, 0.05) is 5.57 Å². The Morgan fingerprint density at radius 2 is 1.73 bits per heavy atom. The Labute approximate surface area is 89.9 Å². The second kappa shape index (κ2) is 3.80. The molecule has 3 nitrogen and oxygen atoms in total. The van der Waals surface area contributed by atoms with Gasteiger partial charge in [0.1, 0.15) is 0 Å². The van der Waals surface area contributed by atoms with E-state index in [0.29, 0.717) is 18.3 Å². The Hall–Kier alpha value is -1.12. The van der Waals surface area contributed by atoms with Crippen LogP contribution in [0.5, 0.6) is 0 Å². The lowest BCUT2D eigenvalue weighted by Crippen LogP contribution is -2.21. The minimum absolute atomic E-state index is 0.145. The van der Waals surface area contributed by atoms with E-state index in [0.717, 1.165) is 18.4 Å². The molecule has 3 heteroatoms. The van der Waals surface area contributed by atoms with Crippen LogP contribution in [0.15, 0.2) is 11.1 Å². The molecule has 2 atom stereocenters. The summed E-state index contributed by atoms with van der Waals surface area (Å²) in [5.74, 6) is 0.976. The fourth-order valence-corrected chi connectivity index (χ4v) is 2.80. The Kier molecular flexibility index (Phi) is 2.63. The number of amides is 2. The number of hydrogen-bond acceptors (Lipinski definition) is 2. The van der Waals surface area contributed by atoms with Crippen molar-refractivity contribution in [2.45, 2.75) is 39.5 Å². The summed E-state index contributed by atoms with van der Waals surface area (Å²) in [5, 5.41) is 2.36. The van der Waals surface area contributed by atoms with Crippen molar-refractivity contribution in [3.05, 3.63) is 11.1 Å². The summed E-state index contributed by atoms with van der Waals surface area (Å²) >= 11 is 0. The number of carbonyl (C=O) groups excluding carboxylic acids is 2. The van der Waals surface area contributed by atoms with E-state index in [2.05, 4.69) is 19.2 Å². The van der Waals surface area contributed by atoms with E-state index in [4.69, 9.17) is 0 Å². The maximum absolute atomic E-state index is 11.5. The number of allylic oxidation sites excluding steroid dienone is 1. The van der Waals surface area contributed by atoms with Crippen LogP contribution in [0.2, 0.25) is 0 Å². The van der Waals surface area contributed by atoms with Gasteiger partial charge in [0.15, 0.2) is 0 Å². The summed E-state index contributed by atoms with van der Waals surface area (Å²) in [6.07, 6.45) is 3.50. The van der Waals surface area contributed by atoms with Crippen LogP contribution in [-0.2, 0) is 9.59 Å². The molecule has 1 N–H and O–H groups in total. The van der Waals surface area contributed by atoms with Crippen LogP contribution in [0, 0.1) is 11.8 Å². The molecule has 1 aliphatic carbocycles. The zero-order valence-corrected chi connectivity index (χ0v) is 9.30. The van der Waals surface area contributed by atoms with Gasteiger partial charge < -0.3 is 0 Å². The highest BCUT2D eigenvalue weighted by Crippen LogP contribution is 2.35. The van der Waals surface area contributed by atoms with Gasteiger partial charge in [-0.2, -0.15) is 0 Å². The summed E-state index contributed by atoms with van der Waals surface area (Å²) in [6.45, 7) is 4.43. The van der Waals surface area contributed by atoms with Crippen molar-refractivity contribution in [1.82, 2.24) is 5.32 Å². The average Bonchev–Trinajstić information content (AvgIpc) is 2.43. The van der Waals surface area contributed by atoms with Crippen LogP contribution in [0.3, 0.4) is 0 Å². The van der Waals surface area contributed by atoms with E-state index in [1.54, 1.807) is 0 Å². The molecule has 0 aromatic heterocycles. The minimum Gasteiger partial charge on any atom is -0.292 e. The van der Waals surface area contributed by atoms with Crippen LogP contribution in [0.1, 0.15) is 39.5 Å². The Morgan fingerprint density at radius 1 is 1.13 bits per heavy atom. The van der Waals surface area contributed by atoms with Crippen molar-refractivity contribution in [3.63, 3.8) is 0 Å². The predicted octanol–water partition coefficient (Wildman–Crippen LogP) is 1.79. The number of nitrogens with one attached hydrogen (secondary N) is 1. The summed E-state index contributed by atoms with van der Waals surface area (Å²) in [5.41, 5.74) is 1.96. The lowest BCUT2D eigenvalue weighted by Gasteiger charge is -2.27. The van der Waals surface area contributed by atoms with Crippen LogP contribution in [-0.4, -0.2) is 11.8 Å². The minimum atomic E-state index is -0.156. The fourth-order valence-electron chi connectivity index (χ4n) is 2.80. The molecule has 1 aliphatic heterocycles. The molecule has 1 saturated carbocycles. The summed E-state index contributed by atoms with van der Waals surface area (Å²) in [7, 11) is 0. The highest BCUT2D eigenvalue weighted by atomic mass is 16.2. The lowest BCUT2D eigenvalue weighted by atomic mass is 9.78. The third-order valence-corrected chi connectivity index (χ3v) is 3.29. The van der Waals surface area contributed by atoms with E-state index in [9.17, 15) is 9.59 Å².